The minimum absolute atomic E-state index is 0. The van der Waals surface area contributed by atoms with E-state index in [4.69, 9.17) is 15.0 Å². The number of aliphatic hydroxyl groups is 8. The third kappa shape index (κ3) is 17.8. The fraction of sp³-hybridized carbons (Fsp3) is 0.482. The molecule has 16 N–H and O–H groups in total. The molecule has 32 nitrogen and oxygen atoms in total. The van der Waals surface area contributed by atoms with Crippen molar-refractivity contribution in [2.45, 2.75) is 145 Å². The molecule has 0 spiro atoms. The first-order valence-electron chi connectivity index (χ1n) is 28.1. The fourth-order valence-electron chi connectivity index (χ4n) is 10.3. The minimum atomic E-state index is -5.60. The number of ether oxygens (including phenoxy) is 1. The summed E-state index contributed by atoms with van der Waals surface area (Å²) in [7, 11) is -5.60. The summed E-state index contributed by atoms with van der Waals surface area (Å²) in [5.41, 5.74) is 6.13. The zero-order valence-corrected chi connectivity index (χ0v) is 51.8. The molecule has 8 amide bonds. The van der Waals surface area contributed by atoms with Crippen LogP contribution in [0.3, 0.4) is 0 Å². The number of carbonyl (C=O) groups is 8. The van der Waals surface area contributed by atoms with Gasteiger partial charge in [-0.05, 0) is 67.4 Å². The molecule has 4 aromatic rings. The number of hydrogen-bond acceptors (Lipinski definition) is 24. The average molecular weight is 1290 g/mol. The van der Waals surface area contributed by atoms with Gasteiger partial charge < -0.3 is 106 Å². The summed E-state index contributed by atoms with van der Waals surface area (Å²) in [6, 6.07) is 3.38. The number of aliphatic hydroxyl groups excluding tert-OH is 8. The van der Waals surface area contributed by atoms with Crippen LogP contribution in [0.4, 0.5) is 0 Å². The monoisotopic (exact) mass is 1290 g/mol. The van der Waals surface area contributed by atoms with Crippen molar-refractivity contribution >= 4 is 57.7 Å². The first-order chi connectivity index (χ1) is 42.0. The van der Waals surface area contributed by atoms with Gasteiger partial charge in [-0.3, -0.25) is 38.4 Å². The van der Waals surface area contributed by atoms with E-state index in [1.807, 2.05) is 10.6 Å². The van der Waals surface area contributed by atoms with Crippen LogP contribution in [-0.2, 0) is 44.0 Å². The van der Waals surface area contributed by atoms with E-state index in [9.17, 15) is 97.3 Å². The quantitative estimate of drug-likeness (QED) is 0.0190. The maximum Gasteiger partial charge on any atom is 1.00 e. The Morgan fingerprint density at radius 2 is 1.43 bits per heavy atom. The molecule has 0 saturated carbocycles. The van der Waals surface area contributed by atoms with Crippen LogP contribution in [0, 0.1) is 5.92 Å². The van der Waals surface area contributed by atoms with E-state index in [0.29, 0.717) is 56.9 Å². The Morgan fingerprint density at radius 3 is 2.07 bits per heavy atom. The van der Waals surface area contributed by atoms with Crippen molar-refractivity contribution in [1.29, 1.82) is 0 Å². The molecular weight excluding hydrogens is 1220 g/mol. The van der Waals surface area contributed by atoms with Gasteiger partial charge in [-0.2, -0.15) is 0 Å². The van der Waals surface area contributed by atoms with Crippen molar-refractivity contribution in [3.8, 4) is 39.8 Å². The Morgan fingerprint density at radius 1 is 0.800 bits per heavy atom. The van der Waals surface area contributed by atoms with Gasteiger partial charge in [0, 0.05) is 54.6 Å². The SMILES string of the molecule is CCCCCOc1ccc(-c2cc(-c3ccc(C(=O)N[C@H]4C[C@@H](O)[C@@H](O)NC(=O)[C@@H]5[C@@H](O)[C@@H](C)CN5C(=O)[C@H]([C@H](O)CC(N)=O)NC(=O)C([C@H](O)[C@@H](O)c5ccc(O)c(OS(=O)(=O)[O-])c5)NC(=O)[C@@H]5C[C@@H](O)CN5C(=O)C([C@@H](C)O)NC4=O)cc3)no2)cc1.[Na+]. The van der Waals surface area contributed by atoms with Crippen LogP contribution in [0.5, 0.6) is 17.2 Å². The molecule has 7 rings (SSSR count). The van der Waals surface area contributed by atoms with E-state index in [1.165, 1.54) is 31.2 Å². The van der Waals surface area contributed by atoms with E-state index in [0.717, 1.165) is 32.3 Å². The molecule has 3 aliphatic heterocycles. The number of rotatable bonds is 18. The zero-order chi connectivity index (χ0) is 65.3. The molecule has 90 heavy (non-hydrogen) atoms. The van der Waals surface area contributed by atoms with Gasteiger partial charge in [-0.15, -0.1) is 0 Å². The third-order valence-electron chi connectivity index (χ3n) is 15.2. The number of phenols is 1. The van der Waals surface area contributed by atoms with Crippen LogP contribution in [0.25, 0.3) is 22.6 Å². The van der Waals surface area contributed by atoms with Gasteiger partial charge in [0.05, 0.1) is 37.4 Å². The number of amides is 8. The Labute approximate surface area is 536 Å². The van der Waals surface area contributed by atoms with Crippen LogP contribution in [0.15, 0.2) is 77.3 Å². The van der Waals surface area contributed by atoms with Crippen LogP contribution < -0.4 is 70.8 Å². The Kier molecular flexibility index (Phi) is 24.8. The second kappa shape index (κ2) is 31.1. The number of fused-ring (bicyclic) bond motifs is 2. The topological polar surface area (TPSA) is 513 Å². The molecule has 2 unspecified atom stereocenters. The van der Waals surface area contributed by atoms with Crippen molar-refractivity contribution in [2.75, 3.05) is 19.7 Å². The molecule has 0 bridgehead atoms. The second-order valence-corrected chi connectivity index (χ2v) is 22.9. The van der Waals surface area contributed by atoms with Crippen molar-refractivity contribution in [3.63, 3.8) is 0 Å². The molecule has 3 saturated heterocycles. The molecule has 0 radical (unpaired) electrons. The summed E-state index contributed by atoms with van der Waals surface area (Å²) in [6.07, 6.45) is -17.3. The van der Waals surface area contributed by atoms with Crippen LogP contribution in [0.2, 0.25) is 0 Å². The Bertz CT molecular complexity index is 3340. The smallest absolute Gasteiger partial charge is 0.716 e. The number of nitrogens with zero attached hydrogens (tertiary/aromatic N) is 3. The third-order valence-corrected chi connectivity index (χ3v) is 15.6. The fourth-order valence-corrected chi connectivity index (χ4v) is 10.7. The molecule has 15 atom stereocenters. The van der Waals surface area contributed by atoms with Gasteiger partial charge in [-0.25, -0.2) is 8.42 Å². The number of aromatic hydroxyl groups is 1. The molecule has 4 heterocycles. The predicted octanol–water partition coefficient (Wildman–Crippen LogP) is -7.24. The predicted molar refractivity (Wildman–Crippen MR) is 302 cm³/mol. The number of aromatic nitrogens is 1. The zero-order valence-electron chi connectivity index (χ0n) is 49.0. The first kappa shape index (κ1) is 71.7. The van der Waals surface area contributed by atoms with Crippen LogP contribution >= 0.6 is 0 Å². The van der Waals surface area contributed by atoms with Crippen molar-refractivity contribution in [2.24, 2.45) is 11.7 Å². The van der Waals surface area contributed by atoms with Crippen molar-refractivity contribution < 1.29 is 140 Å². The molecular formula is C56H70N9NaO23S. The summed E-state index contributed by atoms with van der Waals surface area (Å²) in [5.74, 6) is -13.0. The normalized spacial score (nSPS) is 26.2. The first-order valence-corrected chi connectivity index (χ1v) is 29.4. The molecule has 34 heteroatoms. The van der Waals surface area contributed by atoms with Gasteiger partial charge in [0.1, 0.15) is 66.0 Å². The summed E-state index contributed by atoms with van der Waals surface area (Å²) < 4.78 is 49.9. The number of benzene rings is 3. The summed E-state index contributed by atoms with van der Waals surface area (Å²) >= 11 is 0. The summed E-state index contributed by atoms with van der Waals surface area (Å²) in [5, 5.41) is 116. The molecule has 1 aromatic heterocycles. The van der Waals surface area contributed by atoms with Crippen molar-refractivity contribution in [1.82, 2.24) is 41.5 Å². The van der Waals surface area contributed by atoms with Gasteiger partial charge in [0.2, 0.25) is 41.4 Å². The van der Waals surface area contributed by atoms with Crippen molar-refractivity contribution in [3.05, 3.63) is 83.9 Å². The maximum absolute atomic E-state index is 14.7. The van der Waals surface area contributed by atoms with E-state index in [-0.39, 0.29) is 35.1 Å². The Balaban J connectivity index is 0.0000129. The standard InChI is InChI=1S/C56H71N9O23S.Na/c1-4-5-6-17-86-32-14-11-28(12-15-32)39-21-33(63-87-39)27-7-9-29(10-8-27)49(75)58-34-20-38(70)52(78)62-54(80)45-46(72)25(2)23-65(45)56(82)43(37(69)22-41(57)71)60-53(79)44(48(74)47(73)30-13-16-36(68)40(18-30)88-89(83,84)85)61-51(77)35-19-31(67)24-64(35)55(81)42(26(3)66)59-50(34)76;/h7-16,18,21,25-26,31,34-35,37-38,42-48,52,66-70,72-74,78H,4-6,17,19-20,22-24H2,1-3H3,(H2,57,71)(H,58,75)(H,59,76)(H,60,79)(H,61,77)(H,62,80)(H,83,84,85);/q;+1/p-1/t25-,26+,31+,34-,35-,37+,38+,42?,43-,44?,45-,46-,47-,48-,52+;/m0./s1. The largest absolute Gasteiger partial charge is 1.00 e. The molecule has 3 aliphatic rings. The number of nitrogens with two attached hydrogens (primary N) is 1. The molecule has 3 aromatic carbocycles. The number of carbonyl (C=O) groups excluding carboxylic acids is 8. The van der Waals surface area contributed by atoms with E-state index >= 15 is 0 Å². The second-order valence-electron chi connectivity index (χ2n) is 21.9. The summed E-state index contributed by atoms with van der Waals surface area (Å²) in [4.78, 5) is 115. The van der Waals surface area contributed by atoms with Crippen LogP contribution in [0.1, 0.15) is 81.3 Å². The summed E-state index contributed by atoms with van der Waals surface area (Å²) in [6.45, 7) is 3.72. The number of unbranched alkanes of at least 4 members (excludes halogenated alkanes) is 2. The molecule has 0 aliphatic carbocycles. The van der Waals surface area contributed by atoms with Gasteiger partial charge in [0.15, 0.2) is 23.5 Å². The average Bonchev–Trinajstić information content (AvgIpc) is 2.24. The van der Waals surface area contributed by atoms with E-state index in [1.54, 1.807) is 30.3 Å². The molecule has 484 valence electrons. The van der Waals surface area contributed by atoms with E-state index < -0.39 is 198 Å². The molecule has 3 fully saturated rings. The van der Waals surface area contributed by atoms with Gasteiger partial charge in [-0.1, -0.05) is 50.0 Å². The minimum Gasteiger partial charge on any atom is -0.716 e. The maximum atomic E-state index is 14.7. The van der Waals surface area contributed by atoms with E-state index in [2.05, 4.69) is 32.2 Å². The number of primary amides is 1. The number of nitrogens with one attached hydrogen (secondary N) is 5. The van der Waals surface area contributed by atoms with Crippen LogP contribution in [-0.4, -0.2) is 220 Å². The number of phenolic OH excluding ortho intramolecular Hbond substituents is 1. The Hall–Kier alpha value is -7.38. The number of hydrogen-bond donors (Lipinski definition) is 15. The van der Waals surface area contributed by atoms with Gasteiger partial charge in [0.25, 0.3) is 16.3 Å². The van der Waals surface area contributed by atoms with Gasteiger partial charge >= 0.3 is 29.6 Å².